The number of nitrogens with zero attached hydrogens (tertiary/aromatic N) is 1. The second kappa shape index (κ2) is 8.20. The lowest BCUT2D eigenvalue weighted by molar-refractivity contribution is -0.143. The van der Waals surface area contributed by atoms with E-state index in [-0.39, 0.29) is 31.2 Å². The molecule has 0 aliphatic carbocycles. The van der Waals surface area contributed by atoms with E-state index in [2.05, 4.69) is 10.6 Å². The Morgan fingerprint density at radius 1 is 1.09 bits per heavy atom. The maximum Gasteiger partial charge on any atom is 0.250 e. The third-order valence-corrected chi connectivity index (χ3v) is 7.71. The molecule has 5 rings (SSSR count). The number of hydrogen-bond donors (Lipinski definition) is 3. The lowest BCUT2D eigenvalue weighted by Crippen LogP contribution is -2.53. The Kier molecular flexibility index (Phi) is 5.40. The lowest BCUT2D eigenvalue weighted by Gasteiger charge is -2.29. The van der Waals surface area contributed by atoms with Crippen LogP contribution >= 0.6 is 0 Å². The summed E-state index contributed by atoms with van der Waals surface area (Å²) in [6.07, 6.45) is 0.291. The van der Waals surface area contributed by atoms with Gasteiger partial charge in [0, 0.05) is 23.7 Å². The highest BCUT2D eigenvalue weighted by Crippen LogP contribution is 2.54. The number of likely N-dealkylation sites (tertiary alicyclic amines) is 1. The minimum atomic E-state index is -1.39. The Morgan fingerprint density at radius 3 is 2.46 bits per heavy atom. The molecule has 182 valence electrons. The second-order valence-corrected chi connectivity index (χ2v) is 9.56. The maximum atomic E-state index is 13.8. The second-order valence-electron chi connectivity index (χ2n) is 9.56. The smallest absolute Gasteiger partial charge is 0.250 e. The number of nitrogens with one attached hydrogen (secondary N) is 2. The van der Waals surface area contributed by atoms with Crippen molar-refractivity contribution in [3.8, 4) is 5.75 Å². The number of rotatable bonds is 6. The summed E-state index contributed by atoms with van der Waals surface area (Å²) < 4.78 is 5.19. The predicted octanol–water partition coefficient (Wildman–Crippen LogP) is 1.50. The van der Waals surface area contributed by atoms with Crippen LogP contribution in [-0.4, -0.2) is 41.7 Å². The number of imide groups is 1. The van der Waals surface area contributed by atoms with E-state index < -0.39 is 35.2 Å². The molecule has 3 heterocycles. The number of hydrogen-bond acceptors (Lipinski definition) is 6. The average molecular weight is 477 g/mol. The number of benzene rings is 2. The van der Waals surface area contributed by atoms with Gasteiger partial charge in [0.1, 0.15) is 11.3 Å². The van der Waals surface area contributed by atoms with Crippen molar-refractivity contribution in [2.24, 2.45) is 17.6 Å². The van der Waals surface area contributed by atoms with Gasteiger partial charge in [-0.15, -0.1) is 0 Å². The molecule has 4 atom stereocenters. The summed E-state index contributed by atoms with van der Waals surface area (Å²) in [4.78, 5) is 53.9. The first kappa shape index (κ1) is 23.0. The summed E-state index contributed by atoms with van der Waals surface area (Å²) in [5.74, 6) is -2.63. The van der Waals surface area contributed by atoms with Crippen molar-refractivity contribution in [1.29, 1.82) is 0 Å². The Bertz CT molecular complexity index is 1260. The highest BCUT2D eigenvalue weighted by atomic mass is 16.5. The van der Waals surface area contributed by atoms with Crippen molar-refractivity contribution in [3.05, 3.63) is 58.7 Å². The van der Waals surface area contributed by atoms with E-state index in [0.29, 0.717) is 17.0 Å². The molecule has 3 aliphatic rings. The molecule has 3 aliphatic heterocycles. The number of carbonyl (C=O) groups excluding carboxylic acids is 4. The van der Waals surface area contributed by atoms with Crippen LogP contribution in [-0.2, 0) is 31.3 Å². The molecule has 2 aromatic carbocycles. The van der Waals surface area contributed by atoms with Crippen molar-refractivity contribution in [2.75, 3.05) is 12.4 Å². The van der Waals surface area contributed by atoms with Crippen LogP contribution in [0.1, 0.15) is 35.1 Å². The first-order valence-corrected chi connectivity index (χ1v) is 11.6. The Labute approximate surface area is 203 Å². The zero-order valence-corrected chi connectivity index (χ0v) is 19.9. The van der Waals surface area contributed by atoms with Gasteiger partial charge in [-0.05, 0) is 49.1 Å². The van der Waals surface area contributed by atoms with Gasteiger partial charge in [0.2, 0.25) is 23.6 Å². The number of fused-ring (bicyclic) bond motifs is 4. The van der Waals surface area contributed by atoms with Crippen molar-refractivity contribution < 1.29 is 23.9 Å². The maximum absolute atomic E-state index is 13.8. The lowest BCUT2D eigenvalue weighted by atomic mass is 9.76. The molecule has 9 heteroatoms. The topological polar surface area (TPSA) is 131 Å². The van der Waals surface area contributed by atoms with Gasteiger partial charge < -0.3 is 15.8 Å². The summed E-state index contributed by atoms with van der Waals surface area (Å²) >= 11 is 0. The van der Waals surface area contributed by atoms with Crippen LogP contribution in [0.2, 0.25) is 0 Å². The fourth-order valence-corrected chi connectivity index (χ4v) is 5.79. The van der Waals surface area contributed by atoms with E-state index in [9.17, 15) is 19.2 Å². The molecule has 35 heavy (non-hydrogen) atoms. The Morgan fingerprint density at radius 2 is 1.80 bits per heavy atom. The van der Waals surface area contributed by atoms with Crippen LogP contribution < -0.4 is 21.1 Å². The van der Waals surface area contributed by atoms with E-state index in [1.165, 1.54) is 4.90 Å². The fourth-order valence-electron chi connectivity index (χ4n) is 5.79. The van der Waals surface area contributed by atoms with E-state index in [1.807, 2.05) is 26.0 Å². The highest BCUT2D eigenvalue weighted by molar-refractivity contribution is 6.15. The quantitative estimate of drug-likeness (QED) is 0.542. The number of amides is 4. The van der Waals surface area contributed by atoms with Crippen LogP contribution in [0.3, 0.4) is 0 Å². The molecule has 0 aromatic heterocycles. The van der Waals surface area contributed by atoms with Crippen LogP contribution in [0, 0.1) is 25.7 Å². The zero-order chi connectivity index (χ0) is 25.1. The van der Waals surface area contributed by atoms with Gasteiger partial charge in [0.15, 0.2) is 0 Å². The molecule has 0 bridgehead atoms. The molecule has 2 saturated heterocycles. The van der Waals surface area contributed by atoms with Crippen molar-refractivity contribution >= 4 is 29.3 Å². The minimum Gasteiger partial charge on any atom is -0.497 e. The van der Waals surface area contributed by atoms with Crippen LogP contribution in [0.15, 0.2) is 36.4 Å². The molecular weight excluding hydrogens is 448 g/mol. The van der Waals surface area contributed by atoms with Gasteiger partial charge in [-0.1, -0.05) is 24.3 Å². The summed E-state index contributed by atoms with van der Waals surface area (Å²) in [7, 11) is 1.57. The van der Waals surface area contributed by atoms with Crippen LogP contribution in [0.5, 0.6) is 5.75 Å². The zero-order valence-electron chi connectivity index (χ0n) is 19.9. The molecule has 0 unspecified atom stereocenters. The summed E-state index contributed by atoms with van der Waals surface area (Å²) in [5, 5.41) is 6.29. The van der Waals surface area contributed by atoms with E-state index in [4.69, 9.17) is 10.5 Å². The number of carbonyl (C=O) groups is 4. The van der Waals surface area contributed by atoms with Gasteiger partial charge >= 0.3 is 0 Å². The molecule has 4 amide bonds. The monoisotopic (exact) mass is 476 g/mol. The molecule has 4 N–H and O–H groups in total. The number of aryl methyl sites for hydroxylation is 1. The van der Waals surface area contributed by atoms with Crippen molar-refractivity contribution in [1.82, 2.24) is 10.2 Å². The van der Waals surface area contributed by atoms with Crippen molar-refractivity contribution in [3.63, 3.8) is 0 Å². The largest absolute Gasteiger partial charge is 0.497 e. The summed E-state index contributed by atoms with van der Waals surface area (Å²) in [5.41, 5.74) is 8.03. The third-order valence-electron chi connectivity index (χ3n) is 7.71. The summed E-state index contributed by atoms with van der Waals surface area (Å²) in [6.45, 7) is 3.96. The number of methoxy groups -OCH3 is 1. The van der Waals surface area contributed by atoms with Crippen molar-refractivity contribution in [2.45, 2.75) is 44.8 Å². The SMILES string of the molecule is COc1ccc(CN2C(=O)[C@@H]3[C@@H](CCC(N)=O)N[C@@]4(C(=O)Nc5c4ccc(C)c5C)[C@H]3C2=O)cc1. The molecule has 9 nitrogen and oxygen atoms in total. The molecule has 0 radical (unpaired) electrons. The summed E-state index contributed by atoms with van der Waals surface area (Å²) in [6, 6.07) is 10.4. The minimum absolute atomic E-state index is 0.0400. The first-order chi connectivity index (χ1) is 16.7. The van der Waals surface area contributed by atoms with Gasteiger partial charge in [-0.25, -0.2) is 0 Å². The number of nitrogens with two attached hydrogens (primary N) is 1. The standard InChI is InChI=1S/C26H28N4O5/c1-13-4-9-17-22(14(13)2)28-25(34)26(17)21-20(18(29-26)10-11-19(27)31)23(32)30(24(21)33)12-15-5-7-16(35-3)8-6-15/h4-9,18,20-21,29H,10-12H2,1-3H3,(H2,27,31)(H,28,34)/t18-,20-,21-,26-/m1/s1. The van der Waals surface area contributed by atoms with Gasteiger partial charge in [0.05, 0.1) is 25.5 Å². The van der Waals surface area contributed by atoms with Gasteiger partial charge in [-0.2, -0.15) is 0 Å². The average Bonchev–Trinajstić information content (AvgIpc) is 3.41. The van der Waals surface area contributed by atoms with Crippen LogP contribution in [0.25, 0.3) is 0 Å². The normalized spacial score (nSPS) is 26.8. The van der Waals surface area contributed by atoms with Gasteiger partial charge in [0.25, 0.3) is 0 Å². The highest BCUT2D eigenvalue weighted by Gasteiger charge is 2.70. The van der Waals surface area contributed by atoms with E-state index >= 15 is 0 Å². The van der Waals surface area contributed by atoms with E-state index in [0.717, 1.165) is 16.7 Å². The first-order valence-electron chi connectivity index (χ1n) is 11.6. The number of anilines is 1. The Hall–Kier alpha value is -3.72. The molecule has 2 fully saturated rings. The molecule has 1 spiro atoms. The molecular formula is C26H28N4O5. The molecule has 2 aromatic rings. The number of ether oxygens (including phenoxy) is 1. The Balaban J connectivity index is 1.57. The van der Waals surface area contributed by atoms with Gasteiger partial charge in [-0.3, -0.25) is 29.4 Å². The predicted molar refractivity (Wildman–Crippen MR) is 127 cm³/mol. The molecule has 0 saturated carbocycles. The fraction of sp³-hybridized carbons (Fsp3) is 0.385. The van der Waals surface area contributed by atoms with E-state index in [1.54, 1.807) is 31.4 Å². The van der Waals surface area contributed by atoms with Crippen LogP contribution in [0.4, 0.5) is 5.69 Å². The number of primary amides is 1. The third kappa shape index (κ3) is 3.33.